The molecule has 0 unspecified atom stereocenters. The molecule has 0 spiro atoms. The summed E-state index contributed by atoms with van der Waals surface area (Å²) in [5.41, 5.74) is 2.98. The van der Waals surface area contributed by atoms with E-state index in [1.807, 2.05) is 42.5 Å². The molecule has 1 amide bonds. The summed E-state index contributed by atoms with van der Waals surface area (Å²) in [6.45, 7) is 3.17. The van der Waals surface area contributed by atoms with Crippen molar-refractivity contribution in [2.24, 2.45) is 0 Å². The molecule has 0 radical (unpaired) electrons. The molecule has 1 aliphatic heterocycles. The molecular formula is C21H20N4O3. The summed E-state index contributed by atoms with van der Waals surface area (Å²) in [5.74, 6) is 1.64. The summed E-state index contributed by atoms with van der Waals surface area (Å²) >= 11 is 0. The number of hydrogen-bond donors (Lipinski definition) is 2. The predicted octanol–water partition coefficient (Wildman–Crippen LogP) is 3.81. The van der Waals surface area contributed by atoms with Crippen LogP contribution in [0.2, 0.25) is 0 Å². The zero-order chi connectivity index (χ0) is 19.3. The first-order valence-corrected chi connectivity index (χ1v) is 9.10. The number of nitrogens with zero attached hydrogens (tertiary/aromatic N) is 2. The van der Waals surface area contributed by atoms with Gasteiger partial charge in [-0.25, -0.2) is 9.97 Å². The number of fused-ring (bicyclic) bond motifs is 1. The Morgan fingerprint density at radius 2 is 1.71 bits per heavy atom. The molecule has 7 heteroatoms. The standard InChI is InChI=1S/C21H20N4O3/c1-2-14-3-5-15(6-4-14)25-21(26)17-12-23-20(13-22-17)24-16-7-8-18-19(11-16)28-10-9-27-18/h3-8,11-13H,2,9-10H2,1H3,(H,23,24)(H,25,26). The van der Waals surface area contributed by atoms with Gasteiger partial charge < -0.3 is 20.1 Å². The van der Waals surface area contributed by atoms with Gasteiger partial charge in [0.2, 0.25) is 0 Å². The third-order valence-electron chi connectivity index (χ3n) is 4.32. The van der Waals surface area contributed by atoms with Gasteiger partial charge in [-0.2, -0.15) is 0 Å². The summed E-state index contributed by atoms with van der Waals surface area (Å²) in [7, 11) is 0. The number of ether oxygens (including phenoxy) is 2. The van der Waals surface area contributed by atoms with E-state index < -0.39 is 0 Å². The number of aromatic nitrogens is 2. The highest BCUT2D eigenvalue weighted by molar-refractivity contribution is 6.02. The molecular weight excluding hydrogens is 356 g/mol. The van der Waals surface area contributed by atoms with Crippen LogP contribution in [0.25, 0.3) is 0 Å². The molecule has 1 aromatic heterocycles. The topological polar surface area (TPSA) is 85.4 Å². The Hall–Kier alpha value is -3.61. The van der Waals surface area contributed by atoms with Gasteiger partial charge in [-0.1, -0.05) is 19.1 Å². The number of hydrogen-bond acceptors (Lipinski definition) is 6. The maximum absolute atomic E-state index is 12.3. The van der Waals surface area contributed by atoms with Crippen LogP contribution in [0.1, 0.15) is 23.0 Å². The van der Waals surface area contributed by atoms with E-state index in [1.165, 1.54) is 18.0 Å². The third kappa shape index (κ3) is 4.03. The number of aryl methyl sites for hydroxylation is 1. The molecule has 7 nitrogen and oxygen atoms in total. The van der Waals surface area contributed by atoms with Crippen molar-refractivity contribution in [3.8, 4) is 11.5 Å². The van der Waals surface area contributed by atoms with Gasteiger partial charge in [-0.05, 0) is 36.2 Å². The molecule has 28 heavy (non-hydrogen) atoms. The lowest BCUT2D eigenvalue weighted by molar-refractivity contribution is 0.102. The fourth-order valence-electron chi connectivity index (χ4n) is 2.80. The molecule has 1 aliphatic rings. The highest BCUT2D eigenvalue weighted by Crippen LogP contribution is 2.33. The number of carbonyl (C=O) groups is 1. The van der Waals surface area contributed by atoms with Crippen molar-refractivity contribution >= 4 is 23.1 Å². The Morgan fingerprint density at radius 3 is 2.43 bits per heavy atom. The number of rotatable bonds is 5. The average Bonchev–Trinajstić information content (AvgIpc) is 2.75. The summed E-state index contributed by atoms with van der Waals surface area (Å²) < 4.78 is 11.1. The molecule has 2 aromatic carbocycles. The van der Waals surface area contributed by atoms with Crippen LogP contribution in [0.15, 0.2) is 54.9 Å². The van der Waals surface area contributed by atoms with E-state index >= 15 is 0 Å². The van der Waals surface area contributed by atoms with Crippen LogP contribution in [0.3, 0.4) is 0 Å². The molecule has 3 aromatic rings. The third-order valence-corrected chi connectivity index (χ3v) is 4.32. The largest absolute Gasteiger partial charge is 0.486 e. The van der Waals surface area contributed by atoms with E-state index in [2.05, 4.69) is 27.5 Å². The van der Waals surface area contributed by atoms with Crippen molar-refractivity contribution in [1.29, 1.82) is 0 Å². The lowest BCUT2D eigenvalue weighted by atomic mass is 10.1. The van der Waals surface area contributed by atoms with Crippen molar-refractivity contribution in [2.45, 2.75) is 13.3 Å². The summed E-state index contributed by atoms with van der Waals surface area (Å²) in [6.07, 6.45) is 3.92. The normalized spacial score (nSPS) is 12.3. The number of carbonyl (C=O) groups excluding carboxylic acids is 1. The van der Waals surface area contributed by atoms with Crippen molar-refractivity contribution in [3.05, 3.63) is 66.1 Å². The number of benzene rings is 2. The lowest BCUT2D eigenvalue weighted by Crippen LogP contribution is -2.15. The lowest BCUT2D eigenvalue weighted by Gasteiger charge is -2.19. The van der Waals surface area contributed by atoms with E-state index in [0.717, 1.165) is 23.5 Å². The molecule has 0 atom stereocenters. The van der Waals surface area contributed by atoms with Gasteiger partial charge in [0.25, 0.3) is 5.91 Å². The van der Waals surface area contributed by atoms with Crippen molar-refractivity contribution < 1.29 is 14.3 Å². The first-order chi connectivity index (χ1) is 13.7. The second-order valence-electron chi connectivity index (χ2n) is 6.27. The predicted molar refractivity (Wildman–Crippen MR) is 107 cm³/mol. The van der Waals surface area contributed by atoms with Gasteiger partial charge in [-0.15, -0.1) is 0 Å². The quantitative estimate of drug-likeness (QED) is 0.704. The minimum absolute atomic E-state index is 0.243. The summed E-state index contributed by atoms with van der Waals surface area (Å²) in [6, 6.07) is 13.3. The van der Waals surface area contributed by atoms with Crippen LogP contribution in [0.4, 0.5) is 17.2 Å². The zero-order valence-corrected chi connectivity index (χ0v) is 15.4. The van der Waals surface area contributed by atoms with Crippen LogP contribution in [-0.2, 0) is 6.42 Å². The molecule has 4 rings (SSSR count). The van der Waals surface area contributed by atoms with Gasteiger partial charge in [-0.3, -0.25) is 4.79 Å². The maximum Gasteiger partial charge on any atom is 0.275 e. The monoisotopic (exact) mass is 376 g/mol. The van der Waals surface area contributed by atoms with E-state index in [-0.39, 0.29) is 11.6 Å². The smallest absolute Gasteiger partial charge is 0.275 e. The minimum atomic E-state index is -0.303. The van der Waals surface area contributed by atoms with Crippen LogP contribution < -0.4 is 20.1 Å². The van der Waals surface area contributed by atoms with Crippen LogP contribution in [0.5, 0.6) is 11.5 Å². The Labute approximate surface area is 162 Å². The molecule has 2 N–H and O–H groups in total. The van der Waals surface area contributed by atoms with Gasteiger partial charge in [0.1, 0.15) is 24.7 Å². The molecule has 0 fully saturated rings. The Bertz CT molecular complexity index is 972. The highest BCUT2D eigenvalue weighted by Gasteiger charge is 2.13. The Kier molecular flexibility index (Phi) is 5.05. The molecule has 2 heterocycles. The molecule has 142 valence electrons. The number of nitrogens with one attached hydrogen (secondary N) is 2. The van der Waals surface area contributed by atoms with Crippen molar-refractivity contribution in [2.75, 3.05) is 23.8 Å². The fraction of sp³-hybridized carbons (Fsp3) is 0.190. The average molecular weight is 376 g/mol. The maximum atomic E-state index is 12.3. The molecule has 0 saturated heterocycles. The molecule has 0 bridgehead atoms. The molecule has 0 saturated carbocycles. The van der Waals surface area contributed by atoms with Gasteiger partial charge in [0, 0.05) is 17.4 Å². The van der Waals surface area contributed by atoms with E-state index in [0.29, 0.717) is 24.8 Å². The van der Waals surface area contributed by atoms with E-state index in [4.69, 9.17) is 9.47 Å². The Balaban J connectivity index is 1.41. The summed E-state index contributed by atoms with van der Waals surface area (Å²) in [4.78, 5) is 20.8. The number of anilines is 3. The van der Waals surface area contributed by atoms with Crippen molar-refractivity contribution in [1.82, 2.24) is 9.97 Å². The zero-order valence-electron chi connectivity index (χ0n) is 15.4. The van der Waals surface area contributed by atoms with Gasteiger partial charge in [0.15, 0.2) is 11.5 Å². The second kappa shape index (κ2) is 7.96. The highest BCUT2D eigenvalue weighted by atomic mass is 16.6. The number of amides is 1. The van der Waals surface area contributed by atoms with Crippen LogP contribution in [0, 0.1) is 0 Å². The Morgan fingerprint density at radius 1 is 0.964 bits per heavy atom. The minimum Gasteiger partial charge on any atom is -0.486 e. The first kappa shape index (κ1) is 17.8. The van der Waals surface area contributed by atoms with Gasteiger partial charge >= 0.3 is 0 Å². The first-order valence-electron chi connectivity index (χ1n) is 9.10. The van der Waals surface area contributed by atoms with E-state index in [1.54, 1.807) is 0 Å². The fourth-order valence-corrected chi connectivity index (χ4v) is 2.80. The summed E-state index contributed by atoms with van der Waals surface area (Å²) in [5, 5.41) is 5.96. The van der Waals surface area contributed by atoms with Crippen LogP contribution in [-0.4, -0.2) is 29.1 Å². The second-order valence-corrected chi connectivity index (χ2v) is 6.27. The van der Waals surface area contributed by atoms with E-state index in [9.17, 15) is 4.79 Å². The van der Waals surface area contributed by atoms with Crippen molar-refractivity contribution in [3.63, 3.8) is 0 Å². The molecule has 0 aliphatic carbocycles. The SMILES string of the molecule is CCc1ccc(NC(=O)c2cnc(Nc3ccc4c(c3)OCCO4)cn2)cc1. The van der Waals surface area contributed by atoms with Crippen LogP contribution >= 0.6 is 0 Å². The van der Waals surface area contributed by atoms with Gasteiger partial charge in [0.05, 0.1) is 12.4 Å².